The molecule has 0 aliphatic rings. The van der Waals surface area contributed by atoms with Crippen molar-refractivity contribution >= 4 is 15.8 Å². The summed E-state index contributed by atoms with van der Waals surface area (Å²) in [6.45, 7) is 5.85. The maximum atomic E-state index is 11.1. The molecule has 0 saturated carbocycles. The monoisotopic (exact) mass is 258 g/mol. The lowest BCUT2D eigenvalue weighted by molar-refractivity contribution is -0.386. The Labute approximate surface area is 99.2 Å². The van der Waals surface area contributed by atoms with Crippen LogP contribution in [0.1, 0.15) is 22.3 Å². The minimum Gasteiger partial charge on any atom is -0.744 e. The number of benzene rings is 1. The molecule has 1 aromatic carbocycles. The lowest BCUT2D eigenvalue weighted by atomic mass is 9.98. The van der Waals surface area contributed by atoms with Gasteiger partial charge in [0, 0.05) is 11.1 Å². The third-order valence-electron chi connectivity index (χ3n) is 2.95. The van der Waals surface area contributed by atoms with E-state index in [9.17, 15) is 23.1 Å². The zero-order chi connectivity index (χ0) is 13.5. The highest BCUT2D eigenvalue weighted by molar-refractivity contribution is 7.85. The molecule has 17 heavy (non-hydrogen) atoms. The lowest BCUT2D eigenvalue weighted by Gasteiger charge is -2.17. The van der Waals surface area contributed by atoms with Crippen molar-refractivity contribution in [2.24, 2.45) is 0 Å². The quantitative estimate of drug-likeness (QED) is 0.457. The highest BCUT2D eigenvalue weighted by atomic mass is 32.2. The molecular weight excluding hydrogens is 246 g/mol. The minimum absolute atomic E-state index is 0.0920. The largest absolute Gasteiger partial charge is 0.744 e. The molecule has 0 heterocycles. The first-order valence-corrected chi connectivity index (χ1v) is 6.20. The molecule has 0 amide bonds. The van der Waals surface area contributed by atoms with E-state index in [-0.39, 0.29) is 16.8 Å². The Bertz CT molecular complexity index is 604. The summed E-state index contributed by atoms with van der Waals surface area (Å²) >= 11 is 0. The van der Waals surface area contributed by atoms with Gasteiger partial charge < -0.3 is 4.55 Å². The van der Waals surface area contributed by atoms with E-state index >= 15 is 0 Å². The van der Waals surface area contributed by atoms with Crippen LogP contribution in [0.25, 0.3) is 0 Å². The van der Waals surface area contributed by atoms with Crippen LogP contribution in [-0.4, -0.2) is 17.9 Å². The summed E-state index contributed by atoms with van der Waals surface area (Å²) in [5.41, 5.74) is 0.725. The van der Waals surface area contributed by atoms with Crippen LogP contribution < -0.4 is 0 Å². The van der Waals surface area contributed by atoms with Crippen LogP contribution in [-0.2, 0) is 10.1 Å². The molecule has 1 aromatic rings. The second kappa shape index (κ2) is 4.08. The first kappa shape index (κ1) is 13.6. The van der Waals surface area contributed by atoms with Crippen LogP contribution in [0.3, 0.4) is 0 Å². The van der Waals surface area contributed by atoms with Crippen LogP contribution in [0.4, 0.5) is 5.69 Å². The second-order valence-corrected chi connectivity index (χ2v) is 5.21. The number of hydrogen-bond acceptors (Lipinski definition) is 5. The van der Waals surface area contributed by atoms with E-state index in [4.69, 9.17) is 0 Å². The highest BCUT2D eigenvalue weighted by Gasteiger charge is 2.25. The van der Waals surface area contributed by atoms with Gasteiger partial charge in [-0.05, 0) is 38.8 Å². The van der Waals surface area contributed by atoms with Crippen molar-refractivity contribution in [2.45, 2.75) is 32.6 Å². The summed E-state index contributed by atoms with van der Waals surface area (Å²) in [6, 6.07) is 0. The van der Waals surface area contributed by atoms with Gasteiger partial charge >= 0.3 is 0 Å². The summed E-state index contributed by atoms with van der Waals surface area (Å²) in [5.74, 6) is 0. The van der Waals surface area contributed by atoms with Crippen molar-refractivity contribution in [1.82, 2.24) is 0 Å². The number of hydrogen-bond donors (Lipinski definition) is 0. The van der Waals surface area contributed by atoms with Gasteiger partial charge in [-0.1, -0.05) is 0 Å². The third-order valence-corrected chi connectivity index (χ3v) is 4.06. The molecule has 0 N–H and O–H groups in total. The molecule has 0 aliphatic carbocycles. The maximum Gasteiger partial charge on any atom is 0.276 e. The van der Waals surface area contributed by atoms with Gasteiger partial charge in [-0.25, -0.2) is 8.42 Å². The zero-order valence-electron chi connectivity index (χ0n) is 9.90. The van der Waals surface area contributed by atoms with E-state index in [1.165, 1.54) is 20.8 Å². The van der Waals surface area contributed by atoms with Crippen molar-refractivity contribution in [2.75, 3.05) is 0 Å². The predicted octanol–water partition coefficient (Wildman–Crippen LogP) is 1.73. The van der Waals surface area contributed by atoms with E-state index in [0.29, 0.717) is 11.1 Å². The van der Waals surface area contributed by atoms with E-state index in [1.807, 2.05) is 0 Å². The number of nitro groups is 1. The van der Waals surface area contributed by atoms with Crippen LogP contribution in [0.2, 0.25) is 0 Å². The van der Waals surface area contributed by atoms with Crippen LogP contribution in [0.5, 0.6) is 0 Å². The molecular formula is C10H12NO5S-. The number of rotatable bonds is 2. The maximum absolute atomic E-state index is 11.1. The van der Waals surface area contributed by atoms with E-state index in [1.54, 1.807) is 6.92 Å². The summed E-state index contributed by atoms with van der Waals surface area (Å²) in [7, 11) is -4.71. The molecule has 0 fully saturated rings. The molecule has 1 rings (SSSR count). The molecule has 94 valence electrons. The van der Waals surface area contributed by atoms with Gasteiger partial charge in [0.05, 0.1) is 9.82 Å². The molecule has 0 aromatic heterocycles. The highest BCUT2D eigenvalue weighted by Crippen LogP contribution is 2.34. The van der Waals surface area contributed by atoms with E-state index in [2.05, 4.69) is 0 Å². The average Bonchev–Trinajstić information content (AvgIpc) is 2.11. The van der Waals surface area contributed by atoms with Crippen molar-refractivity contribution in [3.63, 3.8) is 0 Å². The lowest BCUT2D eigenvalue weighted by Crippen LogP contribution is -2.10. The first-order valence-electron chi connectivity index (χ1n) is 4.79. The molecule has 6 nitrogen and oxygen atoms in total. The second-order valence-electron chi connectivity index (χ2n) is 3.89. The first-order chi connectivity index (χ1) is 7.59. The fourth-order valence-electron chi connectivity index (χ4n) is 1.95. The Morgan fingerprint density at radius 3 is 1.76 bits per heavy atom. The minimum atomic E-state index is -4.71. The Hall–Kier alpha value is -1.47. The predicted molar refractivity (Wildman–Crippen MR) is 60.0 cm³/mol. The molecule has 0 spiro atoms. The van der Waals surface area contributed by atoms with E-state index in [0.717, 1.165) is 0 Å². The fraction of sp³-hybridized carbons (Fsp3) is 0.400. The molecule has 0 aliphatic heterocycles. The molecule has 0 saturated heterocycles. The molecule has 0 atom stereocenters. The van der Waals surface area contributed by atoms with Gasteiger partial charge in [0.25, 0.3) is 5.69 Å². The molecule has 0 unspecified atom stereocenters. The van der Waals surface area contributed by atoms with Crippen molar-refractivity contribution in [1.29, 1.82) is 0 Å². The van der Waals surface area contributed by atoms with Crippen molar-refractivity contribution < 1.29 is 17.9 Å². The number of nitrogens with zero attached hydrogens (tertiary/aromatic N) is 1. The van der Waals surface area contributed by atoms with Crippen molar-refractivity contribution in [3.8, 4) is 0 Å². The summed E-state index contributed by atoms with van der Waals surface area (Å²) in [6.07, 6.45) is 0. The standard InChI is InChI=1S/C10H13NO5S/c1-5-6(2)9(11(12)13)8(4)10(7(5)3)17(14,15)16/h1-4H3,(H,14,15,16)/p-1. The van der Waals surface area contributed by atoms with Gasteiger partial charge in [0.2, 0.25) is 0 Å². The van der Waals surface area contributed by atoms with Gasteiger partial charge in [0.15, 0.2) is 0 Å². The Balaban J connectivity index is 3.95. The van der Waals surface area contributed by atoms with E-state index < -0.39 is 19.9 Å². The van der Waals surface area contributed by atoms with Crippen LogP contribution >= 0.6 is 0 Å². The Morgan fingerprint density at radius 2 is 1.41 bits per heavy atom. The molecule has 7 heteroatoms. The van der Waals surface area contributed by atoms with Crippen molar-refractivity contribution in [3.05, 3.63) is 32.4 Å². The third kappa shape index (κ3) is 2.16. The van der Waals surface area contributed by atoms with Crippen LogP contribution in [0.15, 0.2) is 4.90 Å². The summed E-state index contributed by atoms with van der Waals surface area (Å²) in [4.78, 5) is 9.75. The summed E-state index contributed by atoms with van der Waals surface area (Å²) < 4.78 is 33.4. The van der Waals surface area contributed by atoms with Gasteiger partial charge in [-0.15, -0.1) is 0 Å². The van der Waals surface area contributed by atoms with Gasteiger partial charge in [0.1, 0.15) is 10.1 Å². The fourth-order valence-corrected chi connectivity index (χ4v) is 2.95. The smallest absolute Gasteiger partial charge is 0.276 e. The average molecular weight is 258 g/mol. The molecule has 0 bridgehead atoms. The Kier molecular flexibility index (Phi) is 3.26. The van der Waals surface area contributed by atoms with Gasteiger partial charge in [-0.3, -0.25) is 10.1 Å². The zero-order valence-corrected chi connectivity index (χ0v) is 10.7. The van der Waals surface area contributed by atoms with Crippen LogP contribution in [0, 0.1) is 37.8 Å². The Morgan fingerprint density at radius 1 is 0.941 bits per heavy atom. The SMILES string of the molecule is Cc1c(C)c([N+](=O)[O-])c(C)c(S(=O)(=O)[O-])c1C. The number of nitro benzene ring substituents is 1. The van der Waals surface area contributed by atoms with Gasteiger partial charge in [-0.2, -0.15) is 0 Å². The molecule has 0 radical (unpaired) electrons. The summed E-state index contributed by atoms with van der Waals surface area (Å²) in [5, 5.41) is 10.9. The topological polar surface area (TPSA) is 100 Å². The normalized spacial score (nSPS) is 11.6.